The van der Waals surface area contributed by atoms with Crippen molar-refractivity contribution in [3.63, 3.8) is 0 Å². The van der Waals surface area contributed by atoms with E-state index < -0.39 is 36.6 Å². The number of carboxylic acids is 1. The number of carbonyl (C=O) groups excluding carboxylic acids is 4. The third-order valence-electron chi connectivity index (χ3n) is 7.43. The van der Waals surface area contributed by atoms with Crippen LogP contribution in [0.1, 0.15) is 49.0 Å². The standard InChI is InChI=1S/C32H42N4O7/c1-21(2)18-24(33-29(39)23-14-9-10-16-27(23)43-20-28(37)38)30(40)36-17-11-15-25(36)32(42)35(5)26(31(41)34(3)4)19-22-12-7-6-8-13-22/h6-10,12-14,16,21,24-26H,11,15,17-20H2,1-5H3,(H,33,39)(H,37,38)/t24-,25-,26+/m1/s1. The Morgan fingerprint density at radius 3 is 2.28 bits per heavy atom. The molecule has 11 nitrogen and oxygen atoms in total. The normalized spacial score (nSPS) is 15.9. The Kier molecular flexibility index (Phi) is 11.7. The molecule has 0 bridgehead atoms. The molecule has 3 atom stereocenters. The van der Waals surface area contributed by atoms with Crippen LogP contribution in [-0.4, -0.2) is 102 Å². The van der Waals surface area contributed by atoms with Gasteiger partial charge in [0, 0.05) is 34.1 Å². The van der Waals surface area contributed by atoms with E-state index in [1.165, 1.54) is 26.8 Å². The lowest BCUT2D eigenvalue weighted by Gasteiger charge is -2.35. The monoisotopic (exact) mass is 594 g/mol. The van der Waals surface area contributed by atoms with Crippen molar-refractivity contribution < 1.29 is 33.8 Å². The number of carboxylic acid groups (broad SMARTS) is 1. The van der Waals surface area contributed by atoms with Crippen LogP contribution < -0.4 is 10.1 Å². The molecule has 0 aromatic heterocycles. The van der Waals surface area contributed by atoms with E-state index in [2.05, 4.69) is 5.32 Å². The first-order chi connectivity index (χ1) is 20.4. The molecule has 0 spiro atoms. The number of para-hydroxylation sites is 1. The van der Waals surface area contributed by atoms with Crippen molar-refractivity contribution in [3.8, 4) is 5.75 Å². The van der Waals surface area contributed by atoms with Gasteiger partial charge >= 0.3 is 5.97 Å². The molecule has 3 rings (SSSR count). The van der Waals surface area contributed by atoms with Crippen LogP contribution in [0.4, 0.5) is 0 Å². The van der Waals surface area contributed by atoms with E-state index in [0.717, 1.165) is 5.56 Å². The molecule has 1 aliphatic rings. The van der Waals surface area contributed by atoms with Crippen molar-refractivity contribution in [1.29, 1.82) is 0 Å². The van der Waals surface area contributed by atoms with Gasteiger partial charge in [0.1, 0.15) is 23.9 Å². The number of aliphatic carboxylic acids is 1. The van der Waals surface area contributed by atoms with Gasteiger partial charge in [0.25, 0.3) is 5.91 Å². The van der Waals surface area contributed by atoms with Gasteiger partial charge in [-0.15, -0.1) is 0 Å². The maximum Gasteiger partial charge on any atom is 0.341 e. The number of likely N-dealkylation sites (tertiary alicyclic amines) is 1. The number of rotatable bonds is 13. The quantitative estimate of drug-likeness (QED) is 0.364. The predicted molar refractivity (Wildman–Crippen MR) is 160 cm³/mol. The molecule has 1 heterocycles. The molecule has 0 aliphatic carbocycles. The maximum atomic E-state index is 13.9. The van der Waals surface area contributed by atoms with Gasteiger partial charge in [-0.3, -0.25) is 19.2 Å². The molecule has 1 fully saturated rings. The van der Waals surface area contributed by atoms with Gasteiger partial charge < -0.3 is 29.9 Å². The van der Waals surface area contributed by atoms with E-state index >= 15 is 0 Å². The zero-order valence-corrected chi connectivity index (χ0v) is 25.5. The summed E-state index contributed by atoms with van der Waals surface area (Å²) in [6.45, 7) is 3.58. The van der Waals surface area contributed by atoms with Crippen LogP contribution in [0.2, 0.25) is 0 Å². The second-order valence-electron chi connectivity index (χ2n) is 11.4. The van der Waals surface area contributed by atoms with E-state index in [4.69, 9.17) is 9.84 Å². The summed E-state index contributed by atoms with van der Waals surface area (Å²) in [6, 6.07) is 13.2. The Morgan fingerprint density at radius 1 is 1.00 bits per heavy atom. The second kappa shape index (κ2) is 15.2. The molecular formula is C32H42N4O7. The summed E-state index contributed by atoms with van der Waals surface area (Å²) >= 11 is 0. The lowest BCUT2D eigenvalue weighted by atomic mass is 10.0. The minimum absolute atomic E-state index is 0.0418. The molecule has 0 saturated carbocycles. The van der Waals surface area contributed by atoms with Crippen LogP contribution in [-0.2, 0) is 25.6 Å². The number of carbonyl (C=O) groups is 5. The third-order valence-corrected chi connectivity index (χ3v) is 7.43. The van der Waals surface area contributed by atoms with Crippen molar-refractivity contribution in [2.45, 2.75) is 57.7 Å². The van der Waals surface area contributed by atoms with E-state index in [-0.39, 0.29) is 35.0 Å². The van der Waals surface area contributed by atoms with Crippen molar-refractivity contribution >= 4 is 29.6 Å². The fraction of sp³-hybridized carbons (Fsp3) is 0.469. The van der Waals surface area contributed by atoms with Gasteiger partial charge in [-0.25, -0.2) is 4.79 Å². The van der Waals surface area contributed by atoms with Crippen molar-refractivity contribution in [1.82, 2.24) is 20.0 Å². The van der Waals surface area contributed by atoms with E-state index in [1.54, 1.807) is 33.3 Å². The number of nitrogens with zero attached hydrogens (tertiary/aromatic N) is 3. The van der Waals surface area contributed by atoms with Crippen molar-refractivity contribution in [2.24, 2.45) is 5.92 Å². The first-order valence-electron chi connectivity index (χ1n) is 14.5. The van der Waals surface area contributed by atoms with Crippen molar-refractivity contribution in [2.75, 3.05) is 34.3 Å². The molecule has 0 radical (unpaired) electrons. The second-order valence-corrected chi connectivity index (χ2v) is 11.4. The fourth-order valence-electron chi connectivity index (χ4n) is 5.25. The summed E-state index contributed by atoms with van der Waals surface area (Å²) in [6.07, 6.45) is 1.70. The van der Waals surface area contributed by atoms with Crippen LogP contribution >= 0.6 is 0 Å². The molecule has 2 aromatic rings. The summed E-state index contributed by atoms with van der Waals surface area (Å²) < 4.78 is 5.28. The molecule has 2 aromatic carbocycles. The largest absolute Gasteiger partial charge is 0.481 e. The molecule has 0 unspecified atom stereocenters. The Balaban J connectivity index is 1.82. The van der Waals surface area contributed by atoms with Gasteiger partial charge in [0.2, 0.25) is 17.7 Å². The molecular weight excluding hydrogens is 552 g/mol. The lowest BCUT2D eigenvalue weighted by Crippen LogP contribution is -2.57. The molecule has 11 heteroatoms. The minimum Gasteiger partial charge on any atom is -0.481 e. The van der Waals surface area contributed by atoms with Gasteiger partial charge in [0.15, 0.2) is 6.61 Å². The van der Waals surface area contributed by atoms with Crippen LogP contribution in [0, 0.1) is 5.92 Å². The highest BCUT2D eigenvalue weighted by Gasteiger charge is 2.41. The van der Waals surface area contributed by atoms with E-state index in [0.29, 0.717) is 32.2 Å². The molecule has 1 aliphatic heterocycles. The number of hydrogen-bond acceptors (Lipinski definition) is 6. The Labute approximate surface area is 252 Å². The summed E-state index contributed by atoms with van der Waals surface area (Å²) in [7, 11) is 4.89. The zero-order valence-electron chi connectivity index (χ0n) is 25.5. The summed E-state index contributed by atoms with van der Waals surface area (Å²) in [5, 5.41) is 11.8. The SMILES string of the molecule is CC(C)C[C@@H](NC(=O)c1ccccc1OCC(=O)O)C(=O)N1CCC[C@@H]1C(=O)N(C)[C@@H](Cc1ccccc1)C(=O)N(C)C. The van der Waals surface area contributed by atoms with E-state index in [9.17, 15) is 24.0 Å². The highest BCUT2D eigenvalue weighted by molar-refractivity contribution is 6.00. The first kappa shape index (κ1) is 33.1. The average molecular weight is 595 g/mol. The average Bonchev–Trinajstić information content (AvgIpc) is 3.47. The van der Waals surface area contributed by atoms with Crippen LogP contribution in [0.3, 0.4) is 0 Å². The van der Waals surface area contributed by atoms with Gasteiger partial charge in [-0.2, -0.15) is 0 Å². The number of benzene rings is 2. The fourth-order valence-corrected chi connectivity index (χ4v) is 5.25. The Hall–Kier alpha value is -4.41. The maximum absolute atomic E-state index is 13.9. The van der Waals surface area contributed by atoms with Gasteiger partial charge in [-0.1, -0.05) is 56.3 Å². The van der Waals surface area contributed by atoms with Crippen LogP contribution in [0.25, 0.3) is 0 Å². The van der Waals surface area contributed by atoms with Gasteiger partial charge in [0.05, 0.1) is 5.56 Å². The number of likely N-dealkylation sites (N-methyl/N-ethyl adjacent to an activating group) is 2. The third kappa shape index (κ3) is 8.79. The van der Waals surface area contributed by atoms with Crippen LogP contribution in [0.15, 0.2) is 54.6 Å². The number of nitrogens with one attached hydrogen (secondary N) is 1. The summed E-state index contributed by atoms with van der Waals surface area (Å²) in [5.74, 6) is -2.57. The lowest BCUT2D eigenvalue weighted by molar-refractivity contribution is -0.149. The Bertz CT molecular complexity index is 1300. The highest BCUT2D eigenvalue weighted by Crippen LogP contribution is 2.24. The minimum atomic E-state index is -1.18. The Morgan fingerprint density at radius 2 is 1.65 bits per heavy atom. The molecule has 1 saturated heterocycles. The van der Waals surface area contributed by atoms with Crippen molar-refractivity contribution in [3.05, 3.63) is 65.7 Å². The van der Waals surface area contributed by atoms with E-state index in [1.807, 2.05) is 44.2 Å². The van der Waals surface area contributed by atoms with Gasteiger partial charge in [-0.05, 0) is 42.9 Å². The zero-order chi connectivity index (χ0) is 31.7. The smallest absolute Gasteiger partial charge is 0.341 e. The molecule has 232 valence electrons. The number of ether oxygens (including phenoxy) is 1. The summed E-state index contributed by atoms with van der Waals surface area (Å²) in [4.78, 5) is 69.7. The number of hydrogen-bond donors (Lipinski definition) is 2. The molecule has 2 N–H and O–H groups in total. The predicted octanol–water partition coefficient (Wildman–Crippen LogP) is 2.44. The molecule has 43 heavy (non-hydrogen) atoms. The number of amides is 4. The topological polar surface area (TPSA) is 137 Å². The molecule has 4 amide bonds. The summed E-state index contributed by atoms with van der Waals surface area (Å²) in [5.41, 5.74) is 1.01. The van der Waals surface area contributed by atoms with Crippen LogP contribution in [0.5, 0.6) is 5.75 Å². The first-order valence-corrected chi connectivity index (χ1v) is 14.5. The highest BCUT2D eigenvalue weighted by atomic mass is 16.5.